The molecular weight excluding hydrogens is 489 g/mol. The number of hydrogen-bond donors (Lipinski definition) is 1. The summed E-state index contributed by atoms with van der Waals surface area (Å²) in [6.07, 6.45) is 3.86. The number of nitrogens with one attached hydrogen (secondary N) is 1. The first kappa shape index (κ1) is 26.2. The average molecular weight is 518 g/mol. The van der Waals surface area contributed by atoms with Crippen LogP contribution in [0.4, 0.5) is 17.2 Å². The minimum Gasteiger partial charge on any atom is -0.664 e. The summed E-state index contributed by atoms with van der Waals surface area (Å²) in [5, 5.41) is 14.3. The number of anilines is 3. The van der Waals surface area contributed by atoms with Crippen molar-refractivity contribution < 1.29 is 61.5 Å². The van der Waals surface area contributed by atoms with Crippen LogP contribution in [0.25, 0.3) is 11.3 Å². The Balaban J connectivity index is 0.00000280. The number of fused-ring (bicyclic) bond motifs is 2. The SMILES string of the molecule is CC(C)c1ccc2c(c1)N(C)C(c1ccc(-c3ccc(N4Cc5ccc(O[O-])cc5C4)nc3)nc1)N2.[K+]. The molecule has 8 heteroatoms. The smallest absolute Gasteiger partial charge is 0.664 e. The molecule has 7 nitrogen and oxygen atoms in total. The van der Waals surface area contributed by atoms with Gasteiger partial charge in [-0.15, -0.1) is 0 Å². The quantitative estimate of drug-likeness (QED) is 0.247. The van der Waals surface area contributed by atoms with E-state index in [4.69, 9.17) is 9.97 Å². The predicted molar refractivity (Wildman–Crippen MR) is 140 cm³/mol. The van der Waals surface area contributed by atoms with Crippen LogP contribution in [-0.4, -0.2) is 17.0 Å². The Bertz CT molecular complexity index is 1410. The fourth-order valence-electron chi connectivity index (χ4n) is 5.06. The molecule has 0 bridgehead atoms. The third-order valence-corrected chi connectivity index (χ3v) is 7.21. The van der Waals surface area contributed by atoms with Gasteiger partial charge in [0.15, 0.2) is 0 Å². The standard InChI is InChI=1S/C29H29N5O2.K/c1-18(2)19-5-10-26-27(13-19)33(3)29(32-26)21-6-9-25(30-15-21)20-7-11-28(31-14-20)34-16-22-4-8-24(36-35)12-23(22)17-34;/h4-15,18,29,32,35H,16-17H2,1-3H3;/q;+1/p-1. The van der Waals surface area contributed by atoms with E-state index in [0.717, 1.165) is 40.4 Å². The first-order valence-electron chi connectivity index (χ1n) is 12.2. The van der Waals surface area contributed by atoms with E-state index in [1.54, 1.807) is 12.1 Å². The Morgan fingerprint density at radius 1 is 0.946 bits per heavy atom. The molecule has 0 saturated carbocycles. The Morgan fingerprint density at radius 2 is 1.78 bits per heavy atom. The van der Waals surface area contributed by atoms with Gasteiger partial charge in [-0.3, -0.25) is 4.98 Å². The molecule has 4 aromatic rings. The van der Waals surface area contributed by atoms with Crippen LogP contribution in [0.5, 0.6) is 5.75 Å². The van der Waals surface area contributed by atoms with E-state index in [-0.39, 0.29) is 57.6 Å². The maximum Gasteiger partial charge on any atom is 1.00 e. The van der Waals surface area contributed by atoms with Gasteiger partial charge in [0.05, 0.1) is 17.1 Å². The summed E-state index contributed by atoms with van der Waals surface area (Å²) >= 11 is 0. The van der Waals surface area contributed by atoms with Crippen LogP contribution in [0, 0.1) is 0 Å². The summed E-state index contributed by atoms with van der Waals surface area (Å²) in [5.74, 6) is 1.74. The van der Waals surface area contributed by atoms with E-state index in [1.807, 2.05) is 24.5 Å². The van der Waals surface area contributed by atoms with Crippen molar-refractivity contribution in [2.45, 2.75) is 39.0 Å². The molecule has 4 heterocycles. The average Bonchev–Trinajstić information content (AvgIpc) is 3.49. The fraction of sp³-hybridized carbons (Fsp3) is 0.241. The van der Waals surface area contributed by atoms with Crippen LogP contribution < -0.4 is 76.6 Å². The molecule has 0 aliphatic carbocycles. The van der Waals surface area contributed by atoms with Crippen LogP contribution >= 0.6 is 0 Å². The molecule has 2 aliphatic rings. The minimum absolute atomic E-state index is 0. The number of pyridine rings is 2. The summed E-state index contributed by atoms with van der Waals surface area (Å²) in [6, 6.07) is 20.4. The summed E-state index contributed by atoms with van der Waals surface area (Å²) in [7, 11) is 2.12. The maximum atomic E-state index is 10.7. The summed E-state index contributed by atoms with van der Waals surface area (Å²) in [6.45, 7) is 5.90. The minimum atomic E-state index is 0. The molecule has 1 N–H and O–H groups in total. The van der Waals surface area contributed by atoms with Crippen LogP contribution in [0.3, 0.4) is 0 Å². The van der Waals surface area contributed by atoms with Crippen molar-refractivity contribution in [3.05, 3.63) is 95.3 Å². The molecule has 2 aliphatic heterocycles. The number of nitrogens with zero attached hydrogens (tertiary/aromatic N) is 4. The zero-order valence-electron chi connectivity index (χ0n) is 21.6. The van der Waals surface area contributed by atoms with Gasteiger partial charge in [-0.05, 0) is 65.1 Å². The molecule has 0 radical (unpaired) electrons. The van der Waals surface area contributed by atoms with E-state index < -0.39 is 0 Å². The van der Waals surface area contributed by atoms with E-state index in [9.17, 15) is 5.26 Å². The van der Waals surface area contributed by atoms with Crippen LogP contribution in [0.1, 0.15) is 48.2 Å². The summed E-state index contributed by atoms with van der Waals surface area (Å²) in [4.78, 5) is 18.0. The Labute approximate surface area is 259 Å². The second kappa shape index (κ2) is 10.7. The molecule has 0 spiro atoms. The third-order valence-electron chi connectivity index (χ3n) is 7.21. The van der Waals surface area contributed by atoms with Crippen molar-refractivity contribution in [3.8, 4) is 17.0 Å². The zero-order chi connectivity index (χ0) is 24.8. The molecule has 0 amide bonds. The molecule has 1 unspecified atom stereocenters. The van der Waals surface area contributed by atoms with Crippen molar-refractivity contribution in [1.82, 2.24) is 9.97 Å². The fourth-order valence-corrected chi connectivity index (χ4v) is 5.06. The van der Waals surface area contributed by atoms with Gasteiger partial charge in [-0.25, -0.2) is 4.98 Å². The van der Waals surface area contributed by atoms with E-state index in [1.165, 1.54) is 16.8 Å². The molecule has 2 aromatic heterocycles. The molecule has 6 rings (SSSR count). The Morgan fingerprint density at radius 3 is 2.49 bits per heavy atom. The number of rotatable bonds is 5. The molecular formula is C29H28KN5O2. The third kappa shape index (κ3) is 5.02. The molecule has 182 valence electrons. The molecule has 0 saturated heterocycles. The van der Waals surface area contributed by atoms with Crippen molar-refractivity contribution in [2.75, 3.05) is 22.2 Å². The van der Waals surface area contributed by atoms with Gasteiger partial charge in [0.1, 0.15) is 17.7 Å². The van der Waals surface area contributed by atoms with Crippen molar-refractivity contribution in [1.29, 1.82) is 0 Å². The Kier molecular flexibility index (Phi) is 7.58. The van der Waals surface area contributed by atoms with Crippen LogP contribution in [0.2, 0.25) is 0 Å². The van der Waals surface area contributed by atoms with Crippen molar-refractivity contribution in [3.63, 3.8) is 0 Å². The van der Waals surface area contributed by atoms with Gasteiger partial charge in [0.25, 0.3) is 0 Å². The normalized spacial score (nSPS) is 15.8. The predicted octanol–water partition coefficient (Wildman–Crippen LogP) is 2.01. The molecule has 0 fully saturated rings. The first-order chi connectivity index (χ1) is 17.5. The second-order valence-electron chi connectivity index (χ2n) is 9.84. The first-order valence-corrected chi connectivity index (χ1v) is 12.2. The summed E-state index contributed by atoms with van der Waals surface area (Å²) in [5.41, 5.74) is 8.97. The van der Waals surface area contributed by atoms with Gasteiger partial charge in [-0.1, -0.05) is 32.0 Å². The van der Waals surface area contributed by atoms with Crippen molar-refractivity contribution >= 4 is 17.2 Å². The molecule has 1 atom stereocenters. The van der Waals surface area contributed by atoms with Gasteiger partial charge >= 0.3 is 51.4 Å². The van der Waals surface area contributed by atoms with E-state index in [2.05, 4.69) is 77.3 Å². The number of benzene rings is 2. The topological polar surface area (TPSA) is 76.6 Å². The zero-order valence-corrected chi connectivity index (χ0v) is 24.7. The maximum absolute atomic E-state index is 10.7. The van der Waals surface area contributed by atoms with Gasteiger partial charge in [0, 0.05) is 43.7 Å². The monoisotopic (exact) mass is 517 g/mol. The Hall–Kier alpha value is -2.46. The number of hydrogen-bond acceptors (Lipinski definition) is 7. The van der Waals surface area contributed by atoms with Crippen LogP contribution in [0.15, 0.2) is 73.1 Å². The van der Waals surface area contributed by atoms with Crippen LogP contribution in [-0.2, 0) is 13.1 Å². The van der Waals surface area contributed by atoms with Crippen molar-refractivity contribution in [2.24, 2.45) is 0 Å². The van der Waals surface area contributed by atoms with Gasteiger partial charge in [0.2, 0.25) is 0 Å². The van der Waals surface area contributed by atoms with E-state index in [0.29, 0.717) is 18.2 Å². The summed E-state index contributed by atoms with van der Waals surface area (Å²) < 4.78 is 0. The van der Waals surface area contributed by atoms with Gasteiger partial charge in [-0.2, -0.15) is 0 Å². The molecule has 37 heavy (non-hydrogen) atoms. The second-order valence-corrected chi connectivity index (χ2v) is 9.84. The number of aromatic nitrogens is 2. The van der Waals surface area contributed by atoms with Gasteiger partial charge < -0.3 is 25.3 Å². The molecule has 2 aromatic carbocycles. The van der Waals surface area contributed by atoms with E-state index >= 15 is 0 Å². The largest absolute Gasteiger partial charge is 1.00 e.